The van der Waals surface area contributed by atoms with Gasteiger partial charge in [0.25, 0.3) is 0 Å². The number of anilines is 3. The van der Waals surface area contributed by atoms with E-state index >= 15 is 8.78 Å². The first-order valence-corrected chi connectivity index (χ1v) is 9.14. The van der Waals surface area contributed by atoms with Gasteiger partial charge in [0.2, 0.25) is 0 Å². The van der Waals surface area contributed by atoms with Crippen molar-refractivity contribution >= 4 is 23.0 Å². The van der Waals surface area contributed by atoms with Crippen LogP contribution >= 0.6 is 0 Å². The van der Waals surface area contributed by atoms with Crippen LogP contribution < -0.4 is 20.9 Å². The molecule has 2 unspecified atom stereocenters. The summed E-state index contributed by atoms with van der Waals surface area (Å²) in [7, 11) is 0. The van der Waals surface area contributed by atoms with Crippen LogP contribution in [0.4, 0.5) is 25.8 Å². The van der Waals surface area contributed by atoms with Crippen LogP contribution in [0, 0.1) is 11.6 Å². The van der Waals surface area contributed by atoms with Crippen LogP contribution in [0.2, 0.25) is 0 Å². The highest BCUT2D eigenvalue weighted by Crippen LogP contribution is 2.49. The number of carbonyl (C=O) groups is 1. The Morgan fingerprint density at radius 3 is 2.50 bits per heavy atom. The Bertz CT molecular complexity index is 926. The molecule has 0 radical (unpaired) electrons. The standard InChI is InChI=1S/C19H22F2N4O3/c1-8-5-24(6-9(2)23-8)17-13(20)15(22)12-16(14(17)21)25(10-3-4-10)7-11(18(12)26)19(27)28/h5,7,9-10,18,23,26H,3-4,6,22H2,1-2H3,(H,27,28). The molecule has 4 rings (SSSR count). The predicted molar refractivity (Wildman–Crippen MR) is 101 cm³/mol. The highest BCUT2D eigenvalue weighted by atomic mass is 19.1. The average molecular weight is 392 g/mol. The number of carboxylic acid groups (broad SMARTS) is 1. The second-order valence-electron chi connectivity index (χ2n) is 7.59. The molecule has 150 valence electrons. The number of nitrogens with two attached hydrogens (primary N) is 1. The van der Waals surface area contributed by atoms with E-state index in [0.29, 0.717) is 6.54 Å². The zero-order valence-electron chi connectivity index (χ0n) is 15.5. The third-order valence-corrected chi connectivity index (χ3v) is 5.28. The van der Waals surface area contributed by atoms with E-state index in [1.807, 2.05) is 6.92 Å². The summed E-state index contributed by atoms with van der Waals surface area (Å²) >= 11 is 0. The number of hydrogen-bond acceptors (Lipinski definition) is 6. The lowest BCUT2D eigenvalue weighted by Gasteiger charge is -2.36. The number of hydrogen-bond donors (Lipinski definition) is 4. The molecule has 2 atom stereocenters. The van der Waals surface area contributed by atoms with Gasteiger partial charge in [-0.2, -0.15) is 0 Å². The number of aliphatic hydroxyl groups excluding tert-OH is 1. The largest absolute Gasteiger partial charge is 0.478 e. The number of halogens is 2. The first-order valence-electron chi connectivity index (χ1n) is 9.14. The third kappa shape index (κ3) is 2.77. The maximum atomic E-state index is 15.7. The summed E-state index contributed by atoms with van der Waals surface area (Å²) < 4.78 is 30.8. The maximum Gasteiger partial charge on any atom is 0.336 e. The summed E-state index contributed by atoms with van der Waals surface area (Å²) in [6.45, 7) is 4.01. The van der Waals surface area contributed by atoms with Crippen LogP contribution in [-0.4, -0.2) is 34.8 Å². The van der Waals surface area contributed by atoms with E-state index < -0.39 is 29.4 Å². The number of nitrogen functional groups attached to an aromatic ring is 1. The second kappa shape index (κ2) is 6.37. The van der Waals surface area contributed by atoms with E-state index in [4.69, 9.17) is 5.73 Å². The van der Waals surface area contributed by atoms with Crippen molar-refractivity contribution in [2.75, 3.05) is 22.1 Å². The first kappa shape index (κ1) is 18.5. The molecular weight excluding hydrogens is 370 g/mol. The Morgan fingerprint density at radius 2 is 1.93 bits per heavy atom. The molecule has 1 fully saturated rings. The number of aliphatic hydroxyl groups is 1. The zero-order chi connectivity index (χ0) is 20.3. The maximum absolute atomic E-state index is 15.7. The van der Waals surface area contributed by atoms with Gasteiger partial charge in [0.05, 0.1) is 16.9 Å². The lowest BCUT2D eigenvalue weighted by Crippen LogP contribution is -2.42. The van der Waals surface area contributed by atoms with Crippen LogP contribution in [0.15, 0.2) is 23.7 Å². The summed E-state index contributed by atoms with van der Waals surface area (Å²) in [4.78, 5) is 14.5. The lowest BCUT2D eigenvalue weighted by molar-refractivity contribution is -0.133. The normalized spacial score (nSPS) is 24.3. The van der Waals surface area contributed by atoms with Gasteiger partial charge in [0.15, 0.2) is 11.6 Å². The van der Waals surface area contributed by atoms with Crippen LogP contribution in [-0.2, 0) is 4.79 Å². The van der Waals surface area contributed by atoms with Gasteiger partial charge in [-0.05, 0) is 26.7 Å². The van der Waals surface area contributed by atoms with Crippen LogP contribution in [0.1, 0.15) is 38.4 Å². The summed E-state index contributed by atoms with van der Waals surface area (Å²) in [5, 5.41) is 23.1. The van der Waals surface area contributed by atoms with Crippen molar-refractivity contribution in [3.05, 3.63) is 40.9 Å². The van der Waals surface area contributed by atoms with Gasteiger partial charge < -0.3 is 31.1 Å². The van der Waals surface area contributed by atoms with Gasteiger partial charge >= 0.3 is 5.97 Å². The molecule has 0 spiro atoms. The molecule has 1 aromatic carbocycles. The van der Waals surface area contributed by atoms with Crippen molar-refractivity contribution in [2.24, 2.45) is 0 Å². The Morgan fingerprint density at radius 1 is 1.25 bits per heavy atom. The Balaban J connectivity index is 1.94. The van der Waals surface area contributed by atoms with E-state index in [1.165, 1.54) is 16.0 Å². The van der Waals surface area contributed by atoms with E-state index in [2.05, 4.69) is 5.32 Å². The van der Waals surface area contributed by atoms with Crippen LogP contribution in [0.25, 0.3) is 0 Å². The minimum atomic E-state index is -1.71. The van der Waals surface area contributed by atoms with Gasteiger partial charge in [-0.25, -0.2) is 13.6 Å². The van der Waals surface area contributed by atoms with Crippen molar-refractivity contribution in [3.63, 3.8) is 0 Å². The molecule has 0 saturated heterocycles. The second-order valence-corrected chi connectivity index (χ2v) is 7.59. The van der Waals surface area contributed by atoms with E-state index in [9.17, 15) is 15.0 Å². The van der Waals surface area contributed by atoms with Crippen LogP contribution in [0.3, 0.4) is 0 Å². The average Bonchev–Trinajstić information content (AvgIpc) is 3.43. The number of nitrogens with one attached hydrogen (secondary N) is 1. The molecule has 28 heavy (non-hydrogen) atoms. The minimum absolute atomic E-state index is 0.0373. The number of rotatable bonds is 3. The monoisotopic (exact) mass is 392 g/mol. The number of carboxylic acids is 1. The topological polar surface area (TPSA) is 102 Å². The van der Waals surface area contributed by atoms with Crippen molar-refractivity contribution in [3.8, 4) is 0 Å². The number of benzene rings is 1. The molecule has 0 amide bonds. The van der Waals surface area contributed by atoms with Crippen LogP contribution in [0.5, 0.6) is 0 Å². The summed E-state index contributed by atoms with van der Waals surface area (Å²) in [6.07, 6.45) is 2.62. The Kier molecular flexibility index (Phi) is 4.22. The van der Waals surface area contributed by atoms with Gasteiger partial charge in [-0.1, -0.05) is 0 Å². The van der Waals surface area contributed by atoms with Crippen molar-refractivity contribution < 1.29 is 23.8 Å². The molecule has 2 heterocycles. The summed E-state index contributed by atoms with van der Waals surface area (Å²) in [6, 6.07) is -0.142. The third-order valence-electron chi connectivity index (χ3n) is 5.28. The van der Waals surface area contributed by atoms with E-state index in [-0.39, 0.29) is 34.6 Å². The summed E-state index contributed by atoms with van der Waals surface area (Å²) in [5.74, 6) is -3.22. The first-order chi connectivity index (χ1) is 13.2. The quantitative estimate of drug-likeness (QED) is 0.585. The molecule has 1 aromatic rings. The Hall–Kier alpha value is -2.81. The Labute approximate surface area is 160 Å². The van der Waals surface area contributed by atoms with Crippen molar-refractivity contribution in [1.82, 2.24) is 5.32 Å². The molecule has 7 nitrogen and oxygen atoms in total. The number of nitrogens with zero attached hydrogens (tertiary/aromatic N) is 2. The number of aliphatic carboxylic acids is 1. The van der Waals surface area contributed by atoms with E-state index in [0.717, 1.165) is 18.5 Å². The molecule has 2 aliphatic heterocycles. The molecular formula is C19H22F2N4O3. The highest BCUT2D eigenvalue weighted by Gasteiger charge is 2.42. The highest BCUT2D eigenvalue weighted by molar-refractivity contribution is 5.93. The molecule has 1 saturated carbocycles. The number of fused-ring (bicyclic) bond motifs is 1. The fourth-order valence-electron chi connectivity index (χ4n) is 3.94. The van der Waals surface area contributed by atoms with Gasteiger partial charge in [0.1, 0.15) is 11.8 Å². The summed E-state index contributed by atoms with van der Waals surface area (Å²) in [5.41, 5.74) is 5.36. The van der Waals surface area contributed by atoms with Gasteiger partial charge in [-0.3, -0.25) is 0 Å². The van der Waals surface area contributed by atoms with E-state index in [1.54, 1.807) is 13.1 Å². The number of allylic oxidation sites excluding steroid dienone is 1. The molecule has 5 N–H and O–H groups in total. The molecule has 3 aliphatic rings. The molecule has 0 bridgehead atoms. The predicted octanol–water partition coefficient (Wildman–Crippen LogP) is 2.19. The zero-order valence-corrected chi connectivity index (χ0v) is 15.5. The van der Waals surface area contributed by atoms with Gasteiger partial charge in [-0.15, -0.1) is 0 Å². The minimum Gasteiger partial charge on any atom is -0.478 e. The molecule has 1 aliphatic carbocycles. The fraction of sp³-hybridized carbons (Fsp3) is 0.421. The van der Waals surface area contributed by atoms with Crippen molar-refractivity contribution in [1.29, 1.82) is 0 Å². The fourth-order valence-corrected chi connectivity index (χ4v) is 3.94. The SMILES string of the molecule is CC1=CN(c2c(F)c(N)c3c(c2F)N(C2CC2)C=C(C(=O)O)C3O)CC(C)N1. The molecule has 9 heteroatoms. The van der Waals surface area contributed by atoms with Crippen molar-refractivity contribution in [2.45, 2.75) is 44.9 Å². The molecule has 0 aromatic heterocycles. The van der Waals surface area contributed by atoms with Gasteiger partial charge in [0, 0.05) is 42.3 Å². The lowest BCUT2D eigenvalue weighted by atomic mass is 9.92. The smallest absolute Gasteiger partial charge is 0.336 e.